The van der Waals surface area contributed by atoms with Gasteiger partial charge in [-0.3, -0.25) is 0 Å². The molecule has 0 N–H and O–H groups in total. The standard InChI is InChI=1S/C25H20O4S/c1-3-28-24(26)21-19-15-10-6-5-9-14(15)13-17(19)23-20(22(21)25(27)29-4-2)16-11-7-8-12-18(16)30-23/h5-12H,3-4,13H2,1-2H3. The van der Waals surface area contributed by atoms with E-state index in [-0.39, 0.29) is 13.2 Å². The van der Waals surface area contributed by atoms with Crippen LogP contribution in [0.25, 0.3) is 31.3 Å². The lowest BCUT2D eigenvalue weighted by Gasteiger charge is -2.16. The highest BCUT2D eigenvalue weighted by Gasteiger charge is 2.35. The van der Waals surface area contributed by atoms with Crippen LogP contribution >= 0.6 is 11.3 Å². The molecule has 30 heavy (non-hydrogen) atoms. The van der Waals surface area contributed by atoms with Gasteiger partial charge in [-0.05, 0) is 36.6 Å². The van der Waals surface area contributed by atoms with E-state index in [1.807, 2.05) is 42.5 Å². The summed E-state index contributed by atoms with van der Waals surface area (Å²) in [5.74, 6) is -0.966. The SMILES string of the molecule is CCOC(=O)c1c2c(c3sc4ccccc4c3c1C(=O)OCC)Cc1ccccc1-2. The van der Waals surface area contributed by atoms with Crippen molar-refractivity contribution in [3.8, 4) is 11.1 Å². The van der Waals surface area contributed by atoms with E-state index in [2.05, 4.69) is 6.07 Å². The summed E-state index contributed by atoms with van der Waals surface area (Å²) < 4.78 is 13.0. The topological polar surface area (TPSA) is 52.6 Å². The predicted molar refractivity (Wildman–Crippen MR) is 119 cm³/mol. The van der Waals surface area contributed by atoms with Gasteiger partial charge in [0.05, 0.1) is 24.3 Å². The molecule has 0 amide bonds. The first-order valence-corrected chi connectivity index (χ1v) is 10.9. The molecule has 0 spiro atoms. The fourth-order valence-electron chi connectivity index (χ4n) is 4.41. The molecule has 0 unspecified atom stereocenters. The van der Waals surface area contributed by atoms with Crippen LogP contribution in [0.1, 0.15) is 45.7 Å². The van der Waals surface area contributed by atoms with Crippen LogP contribution in [-0.4, -0.2) is 25.2 Å². The van der Waals surface area contributed by atoms with Crippen LogP contribution in [0.4, 0.5) is 0 Å². The Morgan fingerprint density at radius 1 is 0.900 bits per heavy atom. The van der Waals surface area contributed by atoms with Crippen molar-refractivity contribution in [3.05, 3.63) is 70.8 Å². The van der Waals surface area contributed by atoms with Gasteiger partial charge in [0.15, 0.2) is 0 Å². The van der Waals surface area contributed by atoms with Crippen molar-refractivity contribution >= 4 is 43.4 Å². The molecule has 4 aromatic rings. The lowest BCUT2D eigenvalue weighted by atomic mass is 9.91. The maximum absolute atomic E-state index is 13.2. The summed E-state index contributed by atoms with van der Waals surface area (Å²) in [5, 5.41) is 1.76. The fourth-order valence-corrected chi connectivity index (χ4v) is 5.67. The molecule has 5 rings (SSSR count). The Morgan fingerprint density at radius 2 is 1.57 bits per heavy atom. The van der Waals surface area contributed by atoms with E-state index in [1.165, 1.54) is 0 Å². The van der Waals surface area contributed by atoms with Crippen molar-refractivity contribution in [3.63, 3.8) is 0 Å². The third kappa shape index (κ3) is 2.66. The number of hydrogen-bond donors (Lipinski definition) is 0. The maximum atomic E-state index is 13.2. The number of thiophene rings is 1. The Bertz CT molecular complexity index is 1330. The lowest BCUT2D eigenvalue weighted by molar-refractivity contribution is 0.0481. The molecule has 0 aliphatic heterocycles. The molecule has 0 saturated heterocycles. The number of ether oxygens (including phenoxy) is 2. The van der Waals surface area contributed by atoms with Gasteiger partial charge in [-0.15, -0.1) is 11.3 Å². The van der Waals surface area contributed by atoms with Gasteiger partial charge >= 0.3 is 11.9 Å². The Morgan fingerprint density at radius 3 is 2.33 bits per heavy atom. The number of carbonyl (C=O) groups is 2. The summed E-state index contributed by atoms with van der Waals surface area (Å²) in [6.45, 7) is 4.01. The summed E-state index contributed by atoms with van der Waals surface area (Å²) in [4.78, 5) is 26.4. The molecule has 0 saturated carbocycles. The van der Waals surface area contributed by atoms with Crippen molar-refractivity contribution in [1.82, 2.24) is 0 Å². The molecule has 0 radical (unpaired) electrons. The molecule has 0 bridgehead atoms. The van der Waals surface area contributed by atoms with Gasteiger partial charge < -0.3 is 9.47 Å². The molecule has 1 aliphatic carbocycles. The highest BCUT2D eigenvalue weighted by Crippen LogP contribution is 2.49. The zero-order valence-corrected chi connectivity index (χ0v) is 17.6. The minimum absolute atomic E-state index is 0.234. The highest BCUT2D eigenvalue weighted by molar-refractivity contribution is 7.26. The quantitative estimate of drug-likeness (QED) is 0.338. The molecule has 4 nitrogen and oxygen atoms in total. The molecular formula is C25H20O4S. The van der Waals surface area contributed by atoms with Crippen LogP contribution in [-0.2, 0) is 15.9 Å². The van der Waals surface area contributed by atoms with Gasteiger partial charge in [0, 0.05) is 32.2 Å². The first-order chi connectivity index (χ1) is 14.7. The van der Waals surface area contributed by atoms with Gasteiger partial charge in [-0.1, -0.05) is 42.5 Å². The van der Waals surface area contributed by atoms with E-state index >= 15 is 0 Å². The van der Waals surface area contributed by atoms with Crippen molar-refractivity contribution in [1.29, 1.82) is 0 Å². The van der Waals surface area contributed by atoms with Crippen molar-refractivity contribution < 1.29 is 19.1 Å². The van der Waals surface area contributed by atoms with Gasteiger partial charge in [-0.25, -0.2) is 9.59 Å². The average Bonchev–Trinajstić information content (AvgIpc) is 3.32. The van der Waals surface area contributed by atoms with E-state index in [4.69, 9.17) is 9.47 Å². The molecule has 1 aliphatic rings. The van der Waals surface area contributed by atoms with E-state index < -0.39 is 11.9 Å². The molecule has 150 valence electrons. The van der Waals surface area contributed by atoms with E-state index in [1.54, 1.807) is 25.2 Å². The summed E-state index contributed by atoms with van der Waals surface area (Å²) in [5.41, 5.74) is 4.68. The first-order valence-electron chi connectivity index (χ1n) is 10.1. The smallest absolute Gasteiger partial charge is 0.339 e. The Balaban J connectivity index is 1.99. The zero-order valence-electron chi connectivity index (χ0n) is 16.8. The van der Waals surface area contributed by atoms with Crippen LogP contribution in [0.15, 0.2) is 48.5 Å². The Kier molecular flexibility index (Phi) is 4.55. The van der Waals surface area contributed by atoms with E-state index in [9.17, 15) is 9.59 Å². The lowest BCUT2D eigenvalue weighted by Crippen LogP contribution is -2.16. The molecule has 5 heteroatoms. The van der Waals surface area contributed by atoms with Crippen molar-refractivity contribution in [2.75, 3.05) is 13.2 Å². The van der Waals surface area contributed by atoms with Crippen molar-refractivity contribution in [2.24, 2.45) is 0 Å². The Labute approximate surface area is 178 Å². The first kappa shape index (κ1) is 18.8. The van der Waals surface area contributed by atoms with Crippen LogP contribution < -0.4 is 0 Å². The van der Waals surface area contributed by atoms with Gasteiger partial charge in [0.25, 0.3) is 0 Å². The van der Waals surface area contributed by atoms with Crippen LogP contribution in [0.5, 0.6) is 0 Å². The summed E-state index contributed by atoms with van der Waals surface area (Å²) in [6.07, 6.45) is 0.727. The molecule has 1 aromatic heterocycles. The van der Waals surface area contributed by atoms with Gasteiger partial charge in [-0.2, -0.15) is 0 Å². The molecule has 0 fully saturated rings. The molecule has 3 aromatic carbocycles. The zero-order chi connectivity index (χ0) is 20.8. The van der Waals surface area contributed by atoms with E-state index in [0.717, 1.165) is 48.8 Å². The number of carbonyl (C=O) groups excluding carboxylic acids is 2. The highest BCUT2D eigenvalue weighted by atomic mass is 32.1. The van der Waals surface area contributed by atoms with Gasteiger partial charge in [0.1, 0.15) is 0 Å². The van der Waals surface area contributed by atoms with Crippen LogP contribution in [0.2, 0.25) is 0 Å². The summed E-state index contributed by atoms with van der Waals surface area (Å²) in [6, 6.07) is 16.0. The van der Waals surface area contributed by atoms with E-state index in [0.29, 0.717) is 11.1 Å². The largest absolute Gasteiger partial charge is 0.462 e. The number of esters is 2. The number of hydrogen-bond acceptors (Lipinski definition) is 5. The fraction of sp³-hybridized carbons (Fsp3) is 0.200. The van der Waals surface area contributed by atoms with Crippen LogP contribution in [0, 0.1) is 0 Å². The minimum atomic E-state index is -0.485. The number of rotatable bonds is 4. The summed E-state index contributed by atoms with van der Waals surface area (Å²) >= 11 is 1.66. The monoisotopic (exact) mass is 416 g/mol. The maximum Gasteiger partial charge on any atom is 0.339 e. The Hall–Kier alpha value is -3.18. The van der Waals surface area contributed by atoms with Crippen LogP contribution in [0.3, 0.4) is 0 Å². The third-order valence-corrected chi connectivity index (χ3v) is 6.76. The molecule has 1 heterocycles. The second kappa shape index (κ2) is 7.26. The third-order valence-electron chi connectivity index (χ3n) is 5.53. The average molecular weight is 416 g/mol. The second-order valence-corrected chi connectivity index (χ2v) is 8.23. The molecular weight excluding hydrogens is 396 g/mol. The van der Waals surface area contributed by atoms with Crippen molar-refractivity contribution in [2.45, 2.75) is 20.3 Å². The number of benzene rings is 3. The number of fused-ring (bicyclic) bond motifs is 7. The molecule has 0 atom stereocenters. The summed E-state index contributed by atoms with van der Waals surface area (Å²) in [7, 11) is 0. The second-order valence-electron chi connectivity index (χ2n) is 7.18. The normalized spacial score (nSPS) is 12.1. The predicted octanol–water partition coefficient (Wildman–Crippen LogP) is 5.98. The minimum Gasteiger partial charge on any atom is -0.462 e. The van der Waals surface area contributed by atoms with Gasteiger partial charge in [0.2, 0.25) is 0 Å².